The molecule has 1 N–H and O–H groups in total. The lowest BCUT2D eigenvalue weighted by Crippen LogP contribution is -2.64. The molecule has 0 aliphatic carbocycles. The largest absolute Gasteiger partial charge is 0.464 e. The lowest BCUT2D eigenvalue weighted by Gasteiger charge is -2.36. The van der Waals surface area contributed by atoms with Gasteiger partial charge in [0.25, 0.3) is 0 Å². The molecule has 0 aliphatic rings. The number of halogens is 3. The number of ether oxygens (including phenoxy) is 1. The lowest BCUT2D eigenvalue weighted by molar-refractivity contribution is -0.194. The maximum absolute atomic E-state index is 13.9. The molecule has 148 valence electrons. The zero-order valence-corrected chi connectivity index (χ0v) is 15.7. The molecular formula is C13H17F3NO7PS. The van der Waals surface area contributed by atoms with Crippen LogP contribution in [-0.2, 0) is 33.2 Å². The van der Waals surface area contributed by atoms with Crippen molar-refractivity contribution in [1.82, 2.24) is 4.72 Å². The van der Waals surface area contributed by atoms with Gasteiger partial charge in [0.2, 0.25) is 10.0 Å². The number of benzene rings is 1. The Morgan fingerprint density at radius 2 is 1.65 bits per heavy atom. The van der Waals surface area contributed by atoms with Crippen LogP contribution in [0.2, 0.25) is 0 Å². The smallest absolute Gasteiger partial charge is 0.430 e. The van der Waals surface area contributed by atoms with Gasteiger partial charge in [0, 0.05) is 14.2 Å². The monoisotopic (exact) mass is 419 g/mol. The number of esters is 1. The summed E-state index contributed by atoms with van der Waals surface area (Å²) in [6, 6.07) is 5.90. The molecule has 1 aromatic rings. The molecule has 0 bridgehead atoms. The number of carbonyl (C=O) groups is 1. The van der Waals surface area contributed by atoms with Gasteiger partial charge in [-0.2, -0.15) is 17.9 Å². The number of hydrogen-bond donors (Lipinski definition) is 1. The van der Waals surface area contributed by atoms with Crippen LogP contribution >= 0.6 is 7.60 Å². The van der Waals surface area contributed by atoms with E-state index in [4.69, 9.17) is 0 Å². The average Bonchev–Trinajstić information content (AvgIpc) is 2.58. The van der Waals surface area contributed by atoms with E-state index in [9.17, 15) is 30.9 Å². The van der Waals surface area contributed by atoms with Crippen molar-refractivity contribution in [3.63, 3.8) is 0 Å². The van der Waals surface area contributed by atoms with Crippen molar-refractivity contribution in [2.24, 2.45) is 0 Å². The van der Waals surface area contributed by atoms with E-state index in [-0.39, 0.29) is 0 Å². The second kappa shape index (κ2) is 8.05. The molecule has 26 heavy (non-hydrogen) atoms. The number of alkyl halides is 3. The highest BCUT2D eigenvalue weighted by atomic mass is 32.2. The molecule has 0 amide bonds. The molecule has 1 atom stereocenters. The Morgan fingerprint density at radius 1 is 1.15 bits per heavy atom. The number of hydrogen-bond acceptors (Lipinski definition) is 7. The van der Waals surface area contributed by atoms with Crippen LogP contribution in [0.1, 0.15) is 6.92 Å². The van der Waals surface area contributed by atoms with Crippen molar-refractivity contribution in [2.45, 2.75) is 23.3 Å². The first-order valence-corrected chi connectivity index (χ1v) is 9.99. The summed E-state index contributed by atoms with van der Waals surface area (Å²) in [5.74, 6) is -2.17. The summed E-state index contributed by atoms with van der Waals surface area (Å²) in [5.41, 5.74) is 0. The third-order valence-electron chi connectivity index (χ3n) is 3.21. The SMILES string of the molecule is CCOC(=O)C(NS(=O)(=O)c1ccccc1)(C(F)(F)F)P(=O)(OC)OC. The quantitative estimate of drug-likeness (QED) is 0.509. The van der Waals surface area contributed by atoms with E-state index in [1.807, 2.05) is 0 Å². The van der Waals surface area contributed by atoms with Crippen molar-refractivity contribution in [3.8, 4) is 0 Å². The van der Waals surface area contributed by atoms with E-state index in [0.29, 0.717) is 14.2 Å². The topological polar surface area (TPSA) is 108 Å². The van der Waals surface area contributed by atoms with Crippen molar-refractivity contribution < 1.29 is 44.7 Å². The van der Waals surface area contributed by atoms with Gasteiger partial charge in [-0.3, -0.25) is 4.57 Å². The first-order chi connectivity index (χ1) is 11.9. The summed E-state index contributed by atoms with van der Waals surface area (Å²) < 4.78 is 93.4. The van der Waals surface area contributed by atoms with E-state index in [1.54, 1.807) is 0 Å². The normalized spacial score (nSPS) is 15.3. The van der Waals surface area contributed by atoms with Gasteiger partial charge >= 0.3 is 25.0 Å². The van der Waals surface area contributed by atoms with Crippen molar-refractivity contribution in [1.29, 1.82) is 0 Å². The maximum atomic E-state index is 13.9. The minimum atomic E-state index is -5.72. The lowest BCUT2D eigenvalue weighted by atomic mass is 10.3. The minimum Gasteiger partial charge on any atom is -0.464 e. The summed E-state index contributed by atoms with van der Waals surface area (Å²) >= 11 is 0. The van der Waals surface area contributed by atoms with E-state index < -0.39 is 46.5 Å². The Kier molecular flexibility index (Phi) is 6.99. The second-order valence-corrected chi connectivity index (χ2v) is 8.79. The van der Waals surface area contributed by atoms with E-state index in [2.05, 4.69) is 13.8 Å². The summed E-state index contributed by atoms with van der Waals surface area (Å²) in [4.78, 5) is 11.6. The predicted octanol–water partition coefficient (Wildman–Crippen LogP) is 2.27. The van der Waals surface area contributed by atoms with Crippen molar-refractivity contribution in [3.05, 3.63) is 30.3 Å². The molecule has 0 aromatic heterocycles. The molecular weight excluding hydrogens is 402 g/mol. The third-order valence-corrected chi connectivity index (χ3v) is 7.16. The van der Waals surface area contributed by atoms with Crippen LogP contribution in [0.5, 0.6) is 0 Å². The van der Waals surface area contributed by atoms with Crippen LogP contribution < -0.4 is 4.72 Å². The van der Waals surface area contributed by atoms with Gasteiger partial charge in [-0.05, 0) is 19.1 Å². The Balaban J connectivity index is 3.74. The molecule has 1 rings (SSSR count). The molecule has 0 fully saturated rings. The predicted molar refractivity (Wildman–Crippen MR) is 83.8 cm³/mol. The molecule has 0 saturated heterocycles. The van der Waals surface area contributed by atoms with Crippen LogP contribution in [0.25, 0.3) is 0 Å². The standard InChI is InChI=1S/C13H17F3NO7PS/c1-4-24-11(18)12(13(14,15)16,25(19,22-2)23-3)17-26(20,21)10-8-6-5-7-9-10/h5-9,17H,4H2,1-3H3. The molecule has 13 heteroatoms. The number of carbonyl (C=O) groups excluding carboxylic acids is 1. The van der Waals surface area contributed by atoms with Crippen molar-refractivity contribution in [2.75, 3.05) is 20.8 Å². The van der Waals surface area contributed by atoms with Crippen molar-refractivity contribution >= 4 is 23.6 Å². The number of nitrogens with one attached hydrogen (secondary N) is 1. The van der Waals surface area contributed by atoms with Crippen LogP contribution in [0.15, 0.2) is 35.2 Å². The zero-order chi connectivity index (χ0) is 20.2. The molecule has 1 unspecified atom stereocenters. The molecule has 0 heterocycles. The Morgan fingerprint density at radius 3 is 2.04 bits per heavy atom. The van der Waals surface area contributed by atoms with Crippen LogP contribution in [0, 0.1) is 0 Å². The van der Waals surface area contributed by atoms with Gasteiger partial charge in [-0.15, -0.1) is 0 Å². The fraction of sp³-hybridized carbons (Fsp3) is 0.462. The molecule has 1 aromatic carbocycles. The van der Waals surface area contributed by atoms with E-state index >= 15 is 0 Å². The van der Waals surface area contributed by atoms with Gasteiger partial charge in [0.1, 0.15) is 0 Å². The highest BCUT2D eigenvalue weighted by Crippen LogP contribution is 2.64. The van der Waals surface area contributed by atoms with Gasteiger partial charge in [-0.1, -0.05) is 18.2 Å². The Hall–Kier alpha value is -1.46. The average molecular weight is 419 g/mol. The molecule has 0 radical (unpaired) electrons. The summed E-state index contributed by atoms with van der Waals surface area (Å²) in [7, 11) is -9.24. The van der Waals surface area contributed by atoms with E-state index in [0.717, 1.165) is 16.9 Å². The molecule has 0 saturated carbocycles. The summed E-state index contributed by atoms with van der Waals surface area (Å²) in [6.45, 7) is 0.645. The zero-order valence-electron chi connectivity index (χ0n) is 13.9. The first kappa shape index (κ1) is 22.6. The highest BCUT2D eigenvalue weighted by Gasteiger charge is 2.76. The Bertz CT molecular complexity index is 777. The fourth-order valence-corrected chi connectivity index (χ4v) is 5.30. The number of rotatable bonds is 8. The van der Waals surface area contributed by atoms with Crippen LogP contribution in [-0.4, -0.2) is 46.7 Å². The van der Waals surface area contributed by atoms with Crippen LogP contribution in [0.4, 0.5) is 13.2 Å². The highest BCUT2D eigenvalue weighted by molar-refractivity contribution is 7.90. The first-order valence-electron chi connectivity index (χ1n) is 6.96. The fourth-order valence-electron chi connectivity index (χ4n) is 1.98. The maximum Gasteiger partial charge on any atom is 0.430 e. The third kappa shape index (κ3) is 3.94. The molecule has 0 spiro atoms. The molecule has 8 nitrogen and oxygen atoms in total. The van der Waals surface area contributed by atoms with Gasteiger partial charge in [0.05, 0.1) is 11.5 Å². The second-order valence-electron chi connectivity index (χ2n) is 4.71. The molecule has 0 aliphatic heterocycles. The van der Waals surface area contributed by atoms with Crippen LogP contribution in [0.3, 0.4) is 0 Å². The Labute approximate surface area is 148 Å². The minimum absolute atomic E-state index is 0.544. The van der Waals surface area contributed by atoms with Gasteiger partial charge in [0.15, 0.2) is 0 Å². The van der Waals surface area contributed by atoms with E-state index in [1.165, 1.54) is 25.1 Å². The van der Waals surface area contributed by atoms with Gasteiger partial charge in [-0.25, -0.2) is 13.2 Å². The summed E-state index contributed by atoms with van der Waals surface area (Å²) in [5, 5.41) is -4.30. The summed E-state index contributed by atoms with van der Waals surface area (Å²) in [6.07, 6.45) is -5.72. The van der Waals surface area contributed by atoms with Gasteiger partial charge < -0.3 is 13.8 Å². The number of sulfonamides is 1.